The number of rotatable bonds is 5. The van der Waals surface area contributed by atoms with Crippen LogP contribution in [0.1, 0.15) is 46.5 Å². The molecular weight excluding hydrogens is 324 g/mol. The van der Waals surface area contributed by atoms with Crippen LogP contribution in [-0.4, -0.2) is 17.9 Å². The summed E-state index contributed by atoms with van der Waals surface area (Å²) in [5.74, 6) is -0.378. The van der Waals surface area contributed by atoms with Crippen LogP contribution in [0.3, 0.4) is 0 Å². The van der Waals surface area contributed by atoms with E-state index in [1.165, 1.54) is 0 Å². The Labute approximate surface area is 147 Å². The second-order valence-corrected chi connectivity index (χ2v) is 6.13. The van der Waals surface area contributed by atoms with Crippen molar-refractivity contribution in [3.05, 3.63) is 64.2 Å². The molecule has 2 aromatic carbocycles. The molecule has 0 saturated carbocycles. The van der Waals surface area contributed by atoms with Crippen LogP contribution in [0.15, 0.2) is 42.5 Å². The zero-order valence-corrected chi connectivity index (χ0v) is 14.8. The maximum absolute atomic E-state index is 12.3. The van der Waals surface area contributed by atoms with Crippen LogP contribution in [0.5, 0.6) is 0 Å². The summed E-state index contributed by atoms with van der Waals surface area (Å²) in [6, 6.07) is 12.1. The second kappa shape index (κ2) is 7.97. The van der Waals surface area contributed by atoms with E-state index in [0.29, 0.717) is 21.8 Å². The van der Waals surface area contributed by atoms with Crippen LogP contribution < -0.4 is 10.6 Å². The predicted molar refractivity (Wildman–Crippen MR) is 97.8 cm³/mol. The van der Waals surface area contributed by atoms with Crippen molar-refractivity contribution in [2.75, 3.05) is 5.32 Å². The van der Waals surface area contributed by atoms with E-state index in [1.54, 1.807) is 42.5 Å². The molecule has 4 nitrogen and oxygen atoms in total. The van der Waals surface area contributed by atoms with Gasteiger partial charge < -0.3 is 10.6 Å². The third kappa shape index (κ3) is 4.36. The number of carbonyl (C=O) groups excluding carboxylic acids is 2. The van der Waals surface area contributed by atoms with E-state index < -0.39 is 0 Å². The van der Waals surface area contributed by atoms with E-state index in [2.05, 4.69) is 10.6 Å². The van der Waals surface area contributed by atoms with Gasteiger partial charge in [0.05, 0.1) is 0 Å². The summed E-state index contributed by atoms with van der Waals surface area (Å²) in [4.78, 5) is 24.4. The van der Waals surface area contributed by atoms with Crippen molar-refractivity contribution in [1.29, 1.82) is 0 Å². The minimum Gasteiger partial charge on any atom is -0.350 e. The first-order valence-electron chi connectivity index (χ1n) is 7.89. The summed E-state index contributed by atoms with van der Waals surface area (Å²) in [6.45, 7) is 5.81. The van der Waals surface area contributed by atoms with Crippen LogP contribution in [-0.2, 0) is 0 Å². The molecule has 0 aliphatic heterocycles. The summed E-state index contributed by atoms with van der Waals surface area (Å²) < 4.78 is 0. The third-order valence-corrected chi connectivity index (χ3v) is 4.32. The molecular formula is C19H21ClN2O2. The van der Waals surface area contributed by atoms with Gasteiger partial charge in [0.15, 0.2) is 0 Å². The van der Waals surface area contributed by atoms with Gasteiger partial charge in [0.25, 0.3) is 11.8 Å². The lowest BCUT2D eigenvalue weighted by molar-refractivity contribution is 0.0937. The summed E-state index contributed by atoms with van der Waals surface area (Å²) >= 11 is 6.06. The van der Waals surface area contributed by atoms with Crippen LogP contribution in [0, 0.1) is 6.92 Å². The first kappa shape index (κ1) is 18.0. The monoisotopic (exact) mass is 344 g/mol. The third-order valence-electron chi connectivity index (χ3n) is 3.92. The van der Waals surface area contributed by atoms with Crippen molar-refractivity contribution >= 4 is 29.1 Å². The zero-order valence-electron chi connectivity index (χ0n) is 14.0. The Bertz CT molecular complexity index is 742. The molecule has 1 atom stereocenters. The highest BCUT2D eigenvalue weighted by Gasteiger charge is 2.12. The van der Waals surface area contributed by atoms with Gasteiger partial charge >= 0.3 is 0 Å². The Hall–Kier alpha value is -2.33. The molecule has 0 aliphatic rings. The Balaban J connectivity index is 2.08. The molecule has 2 amide bonds. The van der Waals surface area contributed by atoms with E-state index >= 15 is 0 Å². The first-order valence-corrected chi connectivity index (χ1v) is 8.27. The number of hydrogen-bond acceptors (Lipinski definition) is 2. The fraction of sp³-hybridized carbons (Fsp3) is 0.263. The quantitative estimate of drug-likeness (QED) is 0.843. The van der Waals surface area contributed by atoms with Gasteiger partial charge in [-0.1, -0.05) is 24.6 Å². The molecule has 0 spiro atoms. The van der Waals surface area contributed by atoms with Crippen molar-refractivity contribution in [1.82, 2.24) is 5.32 Å². The molecule has 0 saturated heterocycles. The molecule has 0 fully saturated rings. The Morgan fingerprint density at radius 1 is 1.04 bits per heavy atom. The van der Waals surface area contributed by atoms with Crippen molar-refractivity contribution in [2.24, 2.45) is 0 Å². The SMILES string of the molecule is CCC(C)NC(=O)c1ccc(C(=O)Nc2cccc(Cl)c2C)cc1. The highest BCUT2D eigenvalue weighted by atomic mass is 35.5. The Morgan fingerprint density at radius 3 is 2.21 bits per heavy atom. The standard InChI is InChI=1S/C19H21ClN2O2/c1-4-12(2)21-18(23)14-8-10-15(11-9-14)19(24)22-17-7-5-6-16(20)13(17)3/h5-12H,4H2,1-3H3,(H,21,23)(H,22,24). The molecule has 24 heavy (non-hydrogen) atoms. The van der Waals surface area contributed by atoms with Gasteiger partial charge in [0.2, 0.25) is 0 Å². The first-order chi connectivity index (χ1) is 11.4. The summed E-state index contributed by atoms with van der Waals surface area (Å²) in [5.41, 5.74) is 2.50. The molecule has 0 bridgehead atoms. The fourth-order valence-electron chi connectivity index (χ4n) is 2.12. The second-order valence-electron chi connectivity index (χ2n) is 5.73. The van der Waals surface area contributed by atoms with Crippen LogP contribution >= 0.6 is 11.6 Å². The maximum atomic E-state index is 12.3. The number of carbonyl (C=O) groups is 2. The van der Waals surface area contributed by atoms with E-state index in [4.69, 9.17) is 11.6 Å². The van der Waals surface area contributed by atoms with Crippen LogP contribution in [0.2, 0.25) is 5.02 Å². The predicted octanol–water partition coefficient (Wildman–Crippen LogP) is 4.43. The van der Waals surface area contributed by atoms with E-state index in [9.17, 15) is 9.59 Å². The van der Waals surface area contributed by atoms with E-state index in [1.807, 2.05) is 20.8 Å². The smallest absolute Gasteiger partial charge is 0.255 e. The minimum absolute atomic E-state index is 0.117. The van der Waals surface area contributed by atoms with Gasteiger partial charge in [-0.25, -0.2) is 0 Å². The van der Waals surface area contributed by atoms with Gasteiger partial charge in [-0.3, -0.25) is 9.59 Å². The molecule has 1 unspecified atom stereocenters. The molecule has 2 rings (SSSR count). The van der Waals surface area contributed by atoms with Gasteiger partial charge in [-0.15, -0.1) is 0 Å². The lowest BCUT2D eigenvalue weighted by atomic mass is 10.1. The molecule has 0 aliphatic carbocycles. The normalized spacial score (nSPS) is 11.7. The number of halogens is 1. The summed E-state index contributed by atoms with van der Waals surface area (Å²) in [7, 11) is 0. The van der Waals surface area contributed by atoms with Gasteiger partial charge in [0.1, 0.15) is 0 Å². The summed E-state index contributed by atoms with van der Waals surface area (Å²) in [6.07, 6.45) is 0.866. The molecule has 2 N–H and O–H groups in total. The minimum atomic E-state index is -0.241. The Kier molecular flexibility index (Phi) is 5.99. The highest BCUT2D eigenvalue weighted by molar-refractivity contribution is 6.31. The van der Waals surface area contributed by atoms with Crippen LogP contribution in [0.25, 0.3) is 0 Å². The molecule has 2 aromatic rings. The number of amides is 2. The number of nitrogens with one attached hydrogen (secondary N) is 2. The summed E-state index contributed by atoms with van der Waals surface area (Å²) in [5, 5.41) is 6.33. The molecule has 126 valence electrons. The average Bonchev–Trinajstić information content (AvgIpc) is 2.58. The van der Waals surface area contributed by atoms with Crippen molar-refractivity contribution in [3.63, 3.8) is 0 Å². The molecule has 0 heterocycles. The van der Waals surface area contributed by atoms with Gasteiger partial charge in [0, 0.05) is 27.9 Å². The highest BCUT2D eigenvalue weighted by Crippen LogP contribution is 2.23. The molecule has 0 aromatic heterocycles. The maximum Gasteiger partial charge on any atom is 0.255 e. The van der Waals surface area contributed by atoms with Gasteiger partial charge in [-0.2, -0.15) is 0 Å². The van der Waals surface area contributed by atoms with Crippen LogP contribution in [0.4, 0.5) is 5.69 Å². The molecule has 0 radical (unpaired) electrons. The lowest BCUT2D eigenvalue weighted by Crippen LogP contribution is -2.31. The topological polar surface area (TPSA) is 58.2 Å². The van der Waals surface area contributed by atoms with Gasteiger partial charge in [-0.05, 0) is 62.2 Å². The Morgan fingerprint density at radius 2 is 1.62 bits per heavy atom. The van der Waals surface area contributed by atoms with Crippen molar-refractivity contribution in [2.45, 2.75) is 33.2 Å². The zero-order chi connectivity index (χ0) is 17.7. The van der Waals surface area contributed by atoms with E-state index in [-0.39, 0.29) is 17.9 Å². The fourth-order valence-corrected chi connectivity index (χ4v) is 2.29. The molecule has 5 heteroatoms. The average molecular weight is 345 g/mol. The van der Waals surface area contributed by atoms with Crippen molar-refractivity contribution in [3.8, 4) is 0 Å². The number of anilines is 1. The van der Waals surface area contributed by atoms with E-state index in [0.717, 1.165) is 12.0 Å². The number of hydrogen-bond donors (Lipinski definition) is 2. The number of benzene rings is 2. The largest absolute Gasteiger partial charge is 0.350 e. The van der Waals surface area contributed by atoms with Crippen molar-refractivity contribution < 1.29 is 9.59 Å². The lowest BCUT2D eigenvalue weighted by Gasteiger charge is -2.12.